The summed E-state index contributed by atoms with van der Waals surface area (Å²) < 4.78 is 29.9. The number of aromatic nitrogens is 1. The number of pyridine rings is 1. The summed E-state index contributed by atoms with van der Waals surface area (Å²) in [6.07, 6.45) is 0.894. The van der Waals surface area contributed by atoms with E-state index >= 15 is 0 Å². The summed E-state index contributed by atoms with van der Waals surface area (Å²) in [6.45, 7) is 2.06. The second-order valence-corrected chi connectivity index (χ2v) is 7.54. The maximum Gasteiger partial charge on any atom is 0.273 e. The highest BCUT2D eigenvalue weighted by atomic mass is 32.2. The Balaban J connectivity index is 2.14. The number of nitrogens with one attached hydrogen (secondary N) is 1. The Bertz CT molecular complexity index is 807. The number of hydroxylamine groups is 1. The summed E-state index contributed by atoms with van der Waals surface area (Å²) in [6, 6.07) is 9.16. The van der Waals surface area contributed by atoms with Crippen LogP contribution in [-0.2, 0) is 25.1 Å². The van der Waals surface area contributed by atoms with E-state index in [1.165, 1.54) is 11.7 Å². The zero-order chi connectivity index (χ0) is 17.6. The van der Waals surface area contributed by atoms with Gasteiger partial charge in [0.1, 0.15) is 0 Å². The lowest BCUT2D eigenvalue weighted by Crippen LogP contribution is -2.40. The average Bonchev–Trinajstić information content (AvgIpc) is 2.57. The smallest absolute Gasteiger partial charge is 0.273 e. The molecule has 1 heterocycles. The highest BCUT2D eigenvalue weighted by Gasteiger charge is 2.26. The first-order chi connectivity index (χ1) is 11.4. The maximum atomic E-state index is 12.4. The number of nitrogens with zero attached hydrogens (tertiary/aromatic N) is 1. The minimum Gasteiger partial charge on any atom is -0.367 e. The van der Waals surface area contributed by atoms with Gasteiger partial charge < -0.3 is 4.74 Å². The molecule has 0 aliphatic heterocycles. The van der Waals surface area contributed by atoms with E-state index in [2.05, 4.69) is 4.98 Å². The number of benzene rings is 1. The van der Waals surface area contributed by atoms with Crippen LogP contribution < -0.4 is 5.48 Å². The summed E-state index contributed by atoms with van der Waals surface area (Å²) in [7, 11) is -3.62. The van der Waals surface area contributed by atoms with E-state index in [4.69, 9.17) is 9.94 Å². The van der Waals surface area contributed by atoms with Crippen LogP contribution in [-0.4, -0.2) is 43.0 Å². The standard InChI is InChI=1S/C16H20N2O5S/c1-2-7-23-15(16(19)18-20)11-24(21,22)10-12-8-13-5-3-4-6-14(13)17-9-12/h3-6,8-9,15,20H,2,7,10-11H2,1H3,(H,18,19)/t15-/m0/s1. The van der Waals surface area contributed by atoms with Crippen LogP contribution in [0.5, 0.6) is 0 Å². The van der Waals surface area contributed by atoms with Gasteiger partial charge in [0.2, 0.25) is 0 Å². The third-order valence-electron chi connectivity index (χ3n) is 3.36. The Morgan fingerprint density at radius 3 is 2.83 bits per heavy atom. The molecule has 0 fully saturated rings. The van der Waals surface area contributed by atoms with Crippen LogP contribution in [0.15, 0.2) is 36.5 Å². The molecule has 0 radical (unpaired) electrons. The Morgan fingerprint density at radius 1 is 1.38 bits per heavy atom. The molecule has 2 aromatic rings. The number of ether oxygens (including phenoxy) is 1. The molecule has 0 unspecified atom stereocenters. The van der Waals surface area contributed by atoms with Gasteiger partial charge in [0, 0.05) is 18.2 Å². The van der Waals surface area contributed by atoms with Crippen LogP contribution >= 0.6 is 0 Å². The third-order valence-corrected chi connectivity index (χ3v) is 4.95. The van der Waals surface area contributed by atoms with Crippen LogP contribution in [0.2, 0.25) is 0 Å². The molecule has 8 heteroatoms. The molecule has 2 rings (SSSR count). The molecule has 1 aromatic carbocycles. The lowest BCUT2D eigenvalue weighted by molar-refractivity contribution is -0.140. The maximum absolute atomic E-state index is 12.4. The van der Waals surface area contributed by atoms with Gasteiger partial charge >= 0.3 is 0 Å². The number of hydrogen-bond acceptors (Lipinski definition) is 6. The zero-order valence-corrected chi connectivity index (χ0v) is 14.1. The highest BCUT2D eigenvalue weighted by Crippen LogP contribution is 2.15. The van der Waals surface area contributed by atoms with Gasteiger partial charge in [0.25, 0.3) is 5.91 Å². The molecular weight excluding hydrogens is 332 g/mol. The van der Waals surface area contributed by atoms with Crippen molar-refractivity contribution < 1.29 is 23.2 Å². The Hall–Kier alpha value is -2.03. The van der Waals surface area contributed by atoms with Crippen molar-refractivity contribution >= 4 is 26.6 Å². The molecule has 0 bridgehead atoms. The van der Waals surface area contributed by atoms with Crippen molar-refractivity contribution in [1.82, 2.24) is 10.5 Å². The zero-order valence-electron chi connectivity index (χ0n) is 13.3. The number of fused-ring (bicyclic) bond motifs is 1. The SMILES string of the molecule is CCCO[C@@H](CS(=O)(=O)Cc1cnc2ccccc2c1)C(=O)NO. The summed E-state index contributed by atoms with van der Waals surface area (Å²) >= 11 is 0. The molecular formula is C16H20N2O5S. The van der Waals surface area contributed by atoms with Gasteiger partial charge in [-0.3, -0.25) is 15.0 Å². The lowest BCUT2D eigenvalue weighted by atomic mass is 10.2. The first-order valence-electron chi connectivity index (χ1n) is 7.55. The molecule has 24 heavy (non-hydrogen) atoms. The van der Waals surface area contributed by atoms with E-state index in [1.54, 1.807) is 6.07 Å². The van der Waals surface area contributed by atoms with Gasteiger partial charge in [-0.2, -0.15) is 0 Å². The molecule has 0 saturated heterocycles. The monoisotopic (exact) mass is 352 g/mol. The highest BCUT2D eigenvalue weighted by molar-refractivity contribution is 7.90. The second-order valence-electron chi connectivity index (χ2n) is 5.43. The van der Waals surface area contributed by atoms with Crippen LogP contribution in [0.25, 0.3) is 10.9 Å². The summed E-state index contributed by atoms with van der Waals surface area (Å²) in [5, 5.41) is 9.57. The molecule has 0 aliphatic rings. The van der Waals surface area contributed by atoms with Crippen molar-refractivity contribution in [2.75, 3.05) is 12.4 Å². The van der Waals surface area contributed by atoms with E-state index in [1.807, 2.05) is 31.2 Å². The molecule has 1 atom stereocenters. The Labute approximate surface area is 140 Å². The lowest BCUT2D eigenvalue weighted by Gasteiger charge is -2.15. The third kappa shape index (κ3) is 4.98. The molecule has 7 nitrogen and oxygen atoms in total. The van der Waals surface area contributed by atoms with Crippen LogP contribution in [0.4, 0.5) is 0 Å². The fourth-order valence-corrected chi connectivity index (χ4v) is 3.76. The number of carbonyl (C=O) groups is 1. The van der Waals surface area contributed by atoms with Gasteiger partial charge in [0.15, 0.2) is 15.9 Å². The van der Waals surface area contributed by atoms with Crippen LogP contribution in [0.1, 0.15) is 18.9 Å². The second kappa shape index (κ2) is 8.18. The Morgan fingerprint density at radius 2 is 2.12 bits per heavy atom. The van der Waals surface area contributed by atoms with Crippen molar-refractivity contribution in [1.29, 1.82) is 0 Å². The summed E-state index contributed by atoms with van der Waals surface area (Å²) in [5.41, 5.74) is 2.76. The fraction of sp³-hybridized carbons (Fsp3) is 0.375. The number of rotatable bonds is 8. The van der Waals surface area contributed by atoms with Crippen molar-refractivity contribution in [3.8, 4) is 0 Å². The molecule has 1 amide bonds. The normalized spacial score (nSPS) is 12.9. The predicted molar refractivity (Wildman–Crippen MR) is 89.2 cm³/mol. The minimum absolute atomic E-state index is 0.227. The average molecular weight is 352 g/mol. The molecule has 1 aromatic heterocycles. The molecule has 0 spiro atoms. The minimum atomic E-state index is -3.62. The number of sulfone groups is 1. The van der Waals surface area contributed by atoms with E-state index in [0.717, 1.165) is 10.9 Å². The molecule has 2 N–H and O–H groups in total. The van der Waals surface area contributed by atoms with Crippen molar-refractivity contribution in [3.05, 3.63) is 42.1 Å². The number of amides is 1. The quantitative estimate of drug-likeness (QED) is 0.550. The van der Waals surface area contributed by atoms with E-state index in [9.17, 15) is 13.2 Å². The first kappa shape index (κ1) is 18.3. The number of hydrogen-bond donors (Lipinski definition) is 2. The van der Waals surface area contributed by atoms with E-state index in [-0.39, 0.29) is 12.4 Å². The fourth-order valence-electron chi connectivity index (χ4n) is 2.27. The summed E-state index contributed by atoms with van der Waals surface area (Å²) in [5.74, 6) is -1.63. The van der Waals surface area contributed by atoms with Gasteiger partial charge in [0.05, 0.1) is 17.0 Å². The van der Waals surface area contributed by atoms with Gasteiger partial charge in [-0.25, -0.2) is 13.9 Å². The predicted octanol–water partition coefficient (Wildman–Crippen LogP) is 1.45. The molecule has 130 valence electrons. The topological polar surface area (TPSA) is 106 Å². The van der Waals surface area contributed by atoms with E-state index < -0.39 is 27.6 Å². The Kier molecular flexibility index (Phi) is 6.24. The van der Waals surface area contributed by atoms with Crippen molar-refractivity contribution in [3.63, 3.8) is 0 Å². The number of para-hydroxylation sites is 1. The van der Waals surface area contributed by atoms with Crippen molar-refractivity contribution in [2.24, 2.45) is 0 Å². The molecule has 0 saturated carbocycles. The van der Waals surface area contributed by atoms with Crippen molar-refractivity contribution in [2.45, 2.75) is 25.2 Å². The largest absolute Gasteiger partial charge is 0.367 e. The summed E-state index contributed by atoms with van der Waals surface area (Å²) in [4.78, 5) is 15.8. The number of carbonyl (C=O) groups excluding carboxylic acids is 1. The first-order valence-corrected chi connectivity index (χ1v) is 9.37. The van der Waals surface area contributed by atoms with Gasteiger partial charge in [-0.05, 0) is 24.1 Å². The van der Waals surface area contributed by atoms with E-state index in [0.29, 0.717) is 12.0 Å². The van der Waals surface area contributed by atoms with Crippen LogP contribution in [0, 0.1) is 0 Å². The van der Waals surface area contributed by atoms with Crippen LogP contribution in [0.3, 0.4) is 0 Å². The van der Waals surface area contributed by atoms with Gasteiger partial charge in [-0.1, -0.05) is 25.1 Å². The van der Waals surface area contributed by atoms with Gasteiger partial charge in [-0.15, -0.1) is 0 Å². The molecule has 0 aliphatic carbocycles.